The third-order valence-corrected chi connectivity index (χ3v) is 2.92. The molecule has 0 amide bonds. The van der Waals surface area contributed by atoms with Gasteiger partial charge in [-0.15, -0.1) is 0 Å². The van der Waals surface area contributed by atoms with Gasteiger partial charge in [-0.25, -0.2) is 4.79 Å². The Morgan fingerprint density at radius 1 is 1.30 bits per heavy atom. The minimum Gasteiger partial charge on any atom is -0.481 e. The van der Waals surface area contributed by atoms with Gasteiger partial charge in [0.15, 0.2) is 5.76 Å². The Balaban J connectivity index is 2.27. The van der Waals surface area contributed by atoms with Crippen molar-refractivity contribution in [1.82, 2.24) is 0 Å². The van der Waals surface area contributed by atoms with Crippen LogP contribution < -0.4 is 14.9 Å². The van der Waals surface area contributed by atoms with Gasteiger partial charge in [-0.05, 0) is 25.5 Å². The summed E-state index contributed by atoms with van der Waals surface area (Å²) in [5.74, 6) is -0.303. The second-order valence-corrected chi connectivity index (χ2v) is 4.77. The standard InChI is InChI=1S/C17H16O6/c1-3-4-14-16(13(18)9-15(22-14)23-17(19)20)21-10-12-7-5-11(2)6-8-12/h3-9H,10H2,1-2H3,(H,19,20). The molecule has 23 heavy (non-hydrogen) atoms. The summed E-state index contributed by atoms with van der Waals surface area (Å²) in [4.78, 5) is 22.6. The molecule has 0 bridgehead atoms. The molecule has 1 N–H and O–H groups in total. The zero-order valence-corrected chi connectivity index (χ0v) is 12.7. The summed E-state index contributed by atoms with van der Waals surface area (Å²) in [6.07, 6.45) is 1.58. The third-order valence-electron chi connectivity index (χ3n) is 2.92. The van der Waals surface area contributed by atoms with Crippen LogP contribution in [0.25, 0.3) is 6.08 Å². The summed E-state index contributed by atoms with van der Waals surface area (Å²) in [6, 6.07) is 8.61. The van der Waals surface area contributed by atoms with E-state index in [1.165, 1.54) is 6.08 Å². The van der Waals surface area contributed by atoms with E-state index in [1.807, 2.05) is 31.2 Å². The van der Waals surface area contributed by atoms with Crippen molar-refractivity contribution in [2.45, 2.75) is 20.5 Å². The maximum atomic E-state index is 12.1. The van der Waals surface area contributed by atoms with E-state index in [2.05, 4.69) is 4.74 Å². The van der Waals surface area contributed by atoms with Gasteiger partial charge in [-0.2, -0.15) is 0 Å². The maximum Gasteiger partial charge on any atom is 0.513 e. The van der Waals surface area contributed by atoms with Crippen LogP contribution in [0.5, 0.6) is 11.7 Å². The molecule has 120 valence electrons. The molecule has 2 rings (SSSR count). The number of ether oxygens (including phenoxy) is 2. The zero-order valence-electron chi connectivity index (χ0n) is 12.7. The van der Waals surface area contributed by atoms with Crippen LogP contribution in [0.1, 0.15) is 23.8 Å². The highest BCUT2D eigenvalue weighted by Crippen LogP contribution is 2.22. The number of benzene rings is 1. The van der Waals surface area contributed by atoms with Crippen LogP contribution in [0.4, 0.5) is 4.79 Å². The topological polar surface area (TPSA) is 86.0 Å². The molecule has 6 heteroatoms. The molecule has 1 aromatic heterocycles. The lowest BCUT2D eigenvalue weighted by atomic mass is 10.2. The molecule has 2 aromatic rings. The fourth-order valence-corrected chi connectivity index (χ4v) is 1.86. The van der Waals surface area contributed by atoms with E-state index in [9.17, 15) is 9.59 Å². The first-order valence-electron chi connectivity index (χ1n) is 6.89. The summed E-state index contributed by atoms with van der Waals surface area (Å²) in [5.41, 5.74) is 1.50. The first-order valence-corrected chi connectivity index (χ1v) is 6.89. The SMILES string of the molecule is CC=Cc1oc(OC(=O)O)cc(=O)c1OCc1ccc(C)cc1. The minimum absolute atomic E-state index is 0.00131. The van der Waals surface area contributed by atoms with Crippen molar-refractivity contribution in [2.75, 3.05) is 0 Å². The molecule has 0 saturated heterocycles. The van der Waals surface area contributed by atoms with E-state index in [0.717, 1.165) is 17.2 Å². The van der Waals surface area contributed by atoms with E-state index in [-0.39, 0.29) is 18.1 Å². The lowest BCUT2D eigenvalue weighted by molar-refractivity contribution is 0.130. The van der Waals surface area contributed by atoms with E-state index in [1.54, 1.807) is 13.0 Å². The summed E-state index contributed by atoms with van der Waals surface area (Å²) in [6.45, 7) is 3.90. The molecule has 6 nitrogen and oxygen atoms in total. The first kappa shape index (κ1) is 16.4. The van der Waals surface area contributed by atoms with Crippen LogP contribution in [0.15, 0.2) is 45.6 Å². The number of aryl methyl sites for hydroxylation is 1. The molecule has 0 aliphatic rings. The first-order chi connectivity index (χ1) is 11.0. The number of carbonyl (C=O) groups is 1. The maximum absolute atomic E-state index is 12.1. The Kier molecular flexibility index (Phi) is 5.19. The Morgan fingerprint density at radius 3 is 2.61 bits per heavy atom. The lowest BCUT2D eigenvalue weighted by Crippen LogP contribution is -2.11. The molecule has 1 heterocycles. The lowest BCUT2D eigenvalue weighted by Gasteiger charge is -2.09. The second-order valence-electron chi connectivity index (χ2n) is 4.77. The van der Waals surface area contributed by atoms with Crippen LogP contribution in [0, 0.1) is 6.92 Å². The van der Waals surface area contributed by atoms with Crippen molar-refractivity contribution >= 4 is 12.2 Å². The summed E-state index contributed by atoms with van der Waals surface area (Å²) in [5, 5.41) is 8.59. The van der Waals surface area contributed by atoms with Crippen LogP contribution >= 0.6 is 0 Å². The number of hydrogen-bond donors (Lipinski definition) is 1. The molecule has 0 aliphatic carbocycles. The van der Waals surface area contributed by atoms with E-state index >= 15 is 0 Å². The molecule has 0 radical (unpaired) electrons. The normalized spacial score (nSPS) is 10.7. The van der Waals surface area contributed by atoms with E-state index in [0.29, 0.717) is 0 Å². The minimum atomic E-state index is -1.56. The quantitative estimate of drug-likeness (QED) is 0.848. The number of carboxylic acid groups (broad SMARTS) is 1. The molecule has 1 aromatic carbocycles. The smallest absolute Gasteiger partial charge is 0.481 e. The molecular weight excluding hydrogens is 300 g/mol. The van der Waals surface area contributed by atoms with Crippen LogP contribution in [-0.2, 0) is 6.61 Å². The van der Waals surface area contributed by atoms with Gasteiger partial charge >= 0.3 is 6.16 Å². The predicted molar refractivity (Wildman–Crippen MR) is 83.8 cm³/mol. The summed E-state index contributed by atoms with van der Waals surface area (Å²) >= 11 is 0. The van der Waals surface area contributed by atoms with Crippen LogP contribution in [0.2, 0.25) is 0 Å². The average Bonchev–Trinajstić information content (AvgIpc) is 2.48. The van der Waals surface area contributed by atoms with Crippen molar-refractivity contribution < 1.29 is 23.8 Å². The summed E-state index contributed by atoms with van der Waals surface area (Å²) < 4.78 is 15.2. The number of allylic oxidation sites excluding steroid dienone is 1. The van der Waals surface area contributed by atoms with Gasteiger partial charge in [0.1, 0.15) is 6.61 Å². The highest BCUT2D eigenvalue weighted by molar-refractivity contribution is 5.60. The fourth-order valence-electron chi connectivity index (χ4n) is 1.86. The predicted octanol–water partition coefficient (Wildman–Crippen LogP) is 3.62. The Morgan fingerprint density at radius 2 is 2.00 bits per heavy atom. The third kappa shape index (κ3) is 4.47. The van der Waals surface area contributed by atoms with Crippen LogP contribution in [0.3, 0.4) is 0 Å². The van der Waals surface area contributed by atoms with Crippen molar-refractivity contribution in [3.63, 3.8) is 0 Å². The molecule has 0 fully saturated rings. The molecular formula is C17H16O6. The van der Waals surface area contributed by atoms with Gasteiger partial charge in [0.25, 0.3) is 5.95 Å². The van der Waals surface area contributed by atoms with Gasteiger partial charge in [-0.3, -0.25) is 4.79 Å². The average molecular weight is 316 g/mol. The van der Waals surface area contributed by atoms with Gasteiger partial charge in [-0.1, -0.05) is 35.9 Å². The fraction of sp³-hybridized carbons (Fsp3) is 0.176. The molecule has 0 spiro atoms. The zero-order chi connectivity index (χ0) is 16.8. The monoisotopic (exact) mass is 316 g/mol. The summed E-state index contributed by atoms with van der Waals surface area (Å²) in [7, 11) is 0. The second kappa shape index (κ2) is 7.31. The molecule has 0 saturated carbocycles. The van der Waals surface area contributed by atoms with Crippen molar-refractivity contribution in [3.05, 3.63) is 63.5 Å². The van der Waals surface area contributed by atoms with Gasteiger partial charge < -0.3 is 19.0 Å². The van der Waals surface area contributed by atoms with Crippen molar-refractivity contribution in [2.24, 2.45) is 0 Å². The highest BCUT2D eigenvalue weighted by atomic mass is 16.7. The van der Waals surface area contributed by atoms with Crippen molar-refractivity contribution in [1.29, 1.82) is 0 Å². The highest BCUT2D eigenvalue weighted by Gasteiger charge is 2.14. The van der Waals surface area contributed by atoms with E-state index < -0.39 is 17.5 Å². The van der Waals surface area contributed by atoms with Gasteiger partial charge in [0.2, 0.25) is 11.2 Å². The molecule has 0 unspecified atom stereocenters. The molecule has 0 aliphatic heterocycles. The largest absolute Gasteiger partial charge is 0.513 e. The molecule has 0 atom stereocenters. The van der Waals surface area contributed by atoms with Crippen molar-refractivity contribution in [3.8, 4) is 11.7 Å². The van der Waals surface area contributed by atoms with E-state index in [4.69, 9.17) is 14.3 Å². The Hall–Kier alpha value is -3.02. The van der Waals surface area contributed by atoms with Gasteiger partial charge in [0.05, 0.1) is 6.07 Å². The Labute approximate surface area is 132 Å². The Bertz CT molecular complexity index is 771. The number of rotatable bonds is 5. The van der Waals surface area contributed by atoms with Crippen LogP contribution in [-0.4, -0.2) is 11.3 Å². The number of hydrogen-bond acceptors (Lipinski definition) is 5. The van der Waals surface area contributed by atoms with Gasteiger partial charge in [0, 0.05) is 0 Å².